The van der Waals surface area contributed by atoms with Gasteiger partial charge in [0.05, 0.1) is 10.6 Å². The second-order valence-electron chi connectivity index (χ2n) is 4.69. The Morgan fingerprint density at radius 2 is 2.20 bits per heavy atom. The number of nitrogens with zero attached hydrogens (tertiary/aromatic N) is 2. The van der Waals surface area contributed by atoms with E-state index >= 15 is 0 Å². The van der Waals surface area contributed by atoms with Crippen LogP contribution in [-0.2, 0) is 23.0 Å². The molecule has 0 fully saturated rings. The molecule has 3 rings (SSSR count). The van der Waals surface area contributed by atoms with Gasteiger partial charge < -0.3 is 4.57 Å². The molecule has 1 N–H and O–H groups in total. The lowest BCUT2D eigenvalue weighted by Gasteiger charge is -2.05. The zero-order valence-electron chi connectivity index (χ0n) is 10.9. The maximum atomic E-state index is 13.9. The van der Waals surface area contributed by atoms with Gasteiger partial charge in [0.25, 0.3) is 0 Å². The van der Waals surface area contributed by atoms with Crippen LogP contribution in [-0.4, -0.2) is 25.0 Å². The van der Waals surface area contributed by atoms with E-state index in [2.05, 4.69) is 9.71 Å². The largest absolute Gasteiger partial charge is 0.334 e. The normalized spacial score (nSPS) is 14.5. The molecule has 0 radical (unpaired) electrons. The van der Waals surface area contributed by atoms with Crippen molar-refractivity contribution in [2.24, 2.45) is 0 Å². The fraction of sp³-hybridized carbons (Fsp3) is 0.308. The molecule has 0 saturated carbocycles. The van der Waals surface area contributed by atoms with E-state index in [1.807, 2.05) is 4.57 Å². The van der Waals surface area contributed by atoms with Crippen molar-refractivity contribution in [2.75, 3.05) is 7.05 Å². The summed E-state index contributed by atoms with van der Waals surface area (Å²) in [6.07, 6.45) is 3.69. The van der Waals surface area contributed by atoms with Crippen molar-refractivity contribution in [3.05, 3.63) is 36.0 Å². The van der Waals surface area contributed by atoms with E-state index in [-0.39, 0.29) is 10.5 Å². The Labute approximate surface area is 116 Å². The van der Waals surface area contributed by atoms with Gasteiger partial charge in [0.2, 0.25) is 10.0 Å². The van der Waals surface area contributed by atoms with Crippen LogP contribution in [0.4, 0.5) is 4.39 Å². The van der Waals surface area contributed by atoms with Crippen LogP contribution in [0.25, 0.3) is 11.3 Å². The first-order valence-corrected chi connectivity index (χ1v) is 7.79. The van der Waals surface area contributed by atoms with E-state index in [0.717, 1.165) is 31.3 Å². The lowest BCUT2D eigenvalue weighted by atomic mass is 10.1. The van der Waals surface area contributed by atoms with Gasteiger partial charge in [-0.1, -0.05) is 0 Å². The fourth-order valence-corrected chi connectivity index (χ4v) is 3.13. The second kappa shape index (κ2) is 4.68. The first kappa shape index (κ1) is 13.3. The van der Waals surface area contributed by atoms with E-state index in [1.54, 1.807) is 6.20 Å². The van der Waals surface area contributed by atoms with E-state index < -0.39 is 15.8 Å². The Kier molecular flexibility index (Phi) is 3.10. The molecule has 0 saturated heterocycles. The second-order valence-corrected chi connectivity index (χ2v) is 6.58. The Morgan fingerprint density at radius 1 is 1.40 bits per heavy atom. The molecule has 2 aromatic rings. The van der Waals surface area contributed by atoms with Crippen molar-refractivity contribution in [3.8, 4) is 11.3 Å². The number of hydrogen-bond donors (Lipinski definition) is 1. The first-order valence-electron chi connectivity index (χ1n) is 6.31. The molecule has 0 unspecified atom stereocenters. The summed E-state index contributed by atoms with van der Waals surface area (Å²) in [7, 11) is -2.27. The molecule has 1 aliphatic heterocycles. The molecule has 1 aliphatic rings. The van der Waals surface area contributed by atoms with E-state index in [1.165, 1.54) is 19.2 Å². The van der Waals surface area contributed by atoms with E-state index in [0.29, 0.717) is 5.69 Å². The molecule has 0 aliphatic carbocycles. The minimum atomic E-state index is -3.59. The molecular weight excluding hydrogens is 281 g/mol. The van der Waals surface area contributed by atoms with Crippen LogP contribution in [0.15, 0.2) is 29.3 Å². The van der Waals surface area contributed by atoms with Gasteiger partial charge in [0, 0.05) is 24.7 Å². The molecule has 106 valence electrons. The average Bonchev–Trinajstić information content (AvgIpc) is 2.99. The summed E-state index contributed by atoms with van der Waals surface area (Å²) in [5, 5.41) is 0. The summed E-state index contributed by atoms with van der Waals surface area (Å²) in [5.74, 6) is 0.443. The standard InChI is InChI=1S/C13H14FN3O2S/c1-15-20(18,19)9-4-5-11(14)10(7-9)12-8-17-6-2-3-13(17)16-12/h4-5,7-8,15H,2-3,6H2,1H3. The number of imidazole rings is 1. The van der Waals surface area contributed by atoms with Crippen LogP contribution in [0.5, 0.6) is 0 Å². The minimum Gasteiger partial charge on any atom is -0.334 e. The number of fused-ring (bicyclic) bond motifs is 1. The zero-order chi connectivity index (χ0) is 14.3. The van der Waals surface area contributed by atoms with Crippen LogP contribution in [0.2, 0.25) is 0 Å². The van der Waals surface area contributed by atoms with Gasteiger partial charge in [-0.15, -0.1) is 0 Å². The summed E-state index contributed by atoms with van der Waals surface area (Å²) in [4.78, 5) is 4.41. The monoisotopic (exact) mass is 295 g/mol. The molecule has 20 heavy (non-hydrogen) atoms. The highest BCUT2D eigenvalue weighted by Gasteiger charge is 2.19. The van der Waals surface area contributed by atoms with E-state index in [4.69, 9.17) is 0 Å². The molecule has 0 bridgehead atoms. The number of nitrogens with one attached hydrogen (secondary N) is 1. The summed E-state index contributed by atoms with van der Waals surface area (Å²) >= 11 is 0. The van der Waals surface area contributed by atoms with E-state index in [9.17, 15) is 12.8 Å². The average molecular weight is 295 g/mol. The Balaban J connectivity index is 2.10. The van der Waals surface area contributed by atoms with Crippen LogP contribution >= 0.6 is 0 Å². The van der Waals surface area contributed by atoms with Gasteiger partial charge in [-0.25, -0.2) is 22.5 Å². The molecule has 0 amide bonds. The van der Waals surface area contributed by atoms with Gasteiger partial charge in [-0.3, -0.25) is 0 Å². The maximum absolute atomic E-state index is 13.9. The van der Waals surface area contributed by atoms with Crippen LogP contribution in [0, 0.1) is 5.82 Å². The van der Waals surface area contributed by atoms with Crippen molar-refractivity contribution in [2.45, 2.75) is 24.3 Å². The first-order chi connectivity index (χ1) is 9.51. The van der Waals surface area contributed by atoms with Gasteiger partial charge in [0.1, 0.15) is 11.6 Å². The van der Waals surface area contributed by atoms with Gasteiger partial charge in [0.15, 0.2) is 0 Å². The van der Waals surface area contributed by atoms with Crippen molar-refractivity contribution >= 4 is 10.0 Å². The Bertz CT molecular complexity index is 746. The van der Waals surface area contributed by atoms with Crippen molar-refractivity contribution in [1.29, 1.82) is 0 Å². The highest BCUT2D eigenvalue weighted by molar-refractivity contribution is 7.89. The summed E-state index contributed by atoms with van der Waals surface area (Å²) in [6.45, 7) is 0.873. The van der Waals surface area contributed by atoms with Crippen molar-refractivity contribution < 1.29 is 12.8 Å². The van der Waals surface area contributed by atoms with Gasteiger partial charge >= 0.3 is 0 Å². The number of halogens is 1. The number of hydrogen-bond acceptors (Lipinski definition) is 3. The molecular formula is C13H14FN3O2S. The number of aryl methyl sites for hydroxylation is 2. The van der Waals surface area contributed by atoms with Crippen molar-refractivity contribution in [3.63, 3.8) is 0 Å². The Hall–Kier alpha value is -1.73. The molecule has 0 spiro atoms. The number of sulfonamides is 1. The summed E-state index contributed by atoms with van der Waals surface area (Å²) in [6, 6.07) is 3.72. The fourth-order valence-electron chi connectivity index (χ4n) is 2.37. The molecule has 1 aromatic carbocycles. The summed E-state index contributed by atoms with van der Waals surface area (Å²) in [5.41, 5.74) is 0.688. The zero-order valence-corrected chi connectivity index (χ0v) is 11.7. The molecule has 2 heterocycles. The minimum absolute atomic E-state index is 0.0320. The lowest BCUT2D eigenvalue weighted by molar-refractivity contribution is 0.587. The smallest absolute Gasteiger partial charge is 0.240 e. The third-order valence-corrected chi connectivity index (χ3v) is 4.86. The third-order valence-electron chi connectivity index (χ3n) is 3.45. The third kappa shape index (κ3) is 2.12. The topological polar surface area (TPSA) is 64.0 Å². The quantitative estimate of drug-likeness (QED) is 0.934. The number of benzene rings is 1. The van der Waals surface area contributed by atoms with Crippen LogP contribution in [0.1, 0.15) is 12.2 Å². The van der Waals surface area contributed by atoms with Crippen LogP contribution in [0.3, 0.4) is 0 Å². The predicted molar refractivity (Wildman–Crippen MR) is 72.2 cm³/mol. The molecule has 5 nitrogen and oxygen atoms in total. The highest BCUT2D eigenvalue weighted by Crippen LogP contribution is 2.27. The van der Waals surface area contributed by atoms with Crippen LogP contribution < -0.4 is 4.72 Å². The lowest BCUT2D eigenvalue weighted by Crippen LogP contribution is -2.18. The molecule has 0 atom stereocenters. The molecule has 1 aromatic heterocycles. The Morgan fingerprint density at radius 3 is 2.90 bits per heavy atom. The number of rotatable bonds is 3. The predicted octanol–water partition coefficient (Wildman–Crippen LogP) is 1.54. The van der Waals surface area contributed by atoms with Gasteiger partial charge in [-0.05, 0) is 31.7 Å². The van der Waals surface area contributed by atoms with Gasteiger partial charge in [-0.2, -0.15) is 0 Å². The highest BCUT2D eigenvalue weighted by atomic mass is 32.2. The summed E-state index contributed by atoms with van der Waals surface area (Å²) < 4.78 is 41.7. The maximum Gasteiger partial charge on any atom is 0.240 e. The SMILES string of the molecule is CNS(=O)(=O)c1ccc(F)c(-c2cn3c(n2)CCC3)c1. The number of aromatic nitrogens is 2. The molecule has 7 heteroatoms. The van der Waals surface area contributed by atoms with Crippen molar-refractivity contribution in [1.82, 2.24) is 14.3 Å².